The molecule has 0 aliphatic heterocycles. The molecule has 1 atom stereocenters. The molecule has 13 heteroatoms. The summed E-state index contributed by atoms with van der Waals surface area (Å²) in [5.41, 5.74) is 4.39. The Bertz CT molecular complexity index is 2310. The van der Waals surface area contributed by atoms with Gasteiger partial charge in [0.05, 0.1) is 10.6 Å². The first-order valence-corrected chi connectivity index (χ1v) is 18.4. The minimum atomic E-state index is -0.701. The number of thiazole rings is 1. The van der Waals surface area contributed by atoms with Gasteiger partial charge in [-0.3, -0.25) is 24.5 Å². The second-order valence-corrected chi connectivity index (χ2v) is 14.1. The van der Waals surface area contributed by atoms with E-state index in [2.05, 4.69) is 20.9 Å². The molecule has 0 spiro atoms. The van der Waals surface area contributed by atoms with E-state index in [-0.39, 0.29) is 17.3 Å². The lowest BCUT2D eigenvalue weighted by atomic mass is 10.1. The van der Waals surface area contributed by atoms with Crippen molar-refractivity contribution in [1.29, 1.82) is 0 Å². The third-order valence-electron chi connectivity index (χ3n) is 8.02. The van der Waals surface area contributed by atoms with Crippen molar-refractivity contribution >= 4 is 69.1 Å². The van der Waals surface area contributed by atoms with E-state index < -0.39 is 22.0 Å². The van der Waals surface area contributed by atoms with Crippen LogP contribution in [0.5, 0.6) is 0 Å². The summed E-state index contributed by atoms with van der Waals surface area (Å²) >= 11 is 2.51. The number of carbonyl (C=O) groups is 3. The molecule has 3 N–H and O–H groups in total. The Morgan fingerprint density at radius 1 is 0.833 bits per heavy atom. The van der Waals surface area contributed by atoms with Crippen LogP contribution in [0.4, 0.5) is 22.2 Å². The van der Waals surface area contributed by atoms with Crippen molar-refractivity contribution in [3.05, 3.63) is 171 Å². The van der Waals surface area contributed by atoms with Gasteiger partial charge in [0, 0.05) is 59.0 Å². The molecule has 0 radical (unpaired) electrons. The lowest BCUT2D eigenvalue weighted by Crippen LogP contribution is -2.30. The highest BCUT2D eigenvalue weighted by Gasteiger charge is 2.24. The standard InChI is InChI=1S/C41H34N6O5S2/c1-46(2)32-21-19-27(20-22-32)23-35(43-38(48)29-13-7-4-8-14-29)39(49)42-31-16-10-18-34(25-31)54-37(28-11-5-3-6-12-28)40(50)45-41-44-36(26-53-41)30-15-9-17-33(24-30)47(51)52/h3-26,37H,1-2H3,(H,42,49)(H,43,48)(H,44,45,50)/b35-23+. The molecule has 6 aromatic rings. The molecule has 0 fully saturated rings. The van der Waals surface area contributed by atoms with Crippen LogP contribution in [0.2, 0.25) is 0 Å². The second kappa shape index (κ2) is 17.3. The van der Waals surface area contributed by atoms with Gasteiger partial charge in [0.2, 0.25) is 5.91 Å². The monoisotopic (exact) mass is 754 g/mol. The molecule has 0 aliphatic carbocycles. The molecule has 1 aromatic heterocycles. The molecule has 1 unspecified atom stereocenters. The van der Waals surface area contributed by atoms with Gasteiger partial charge in [-0.25, -0.2) is 4.98 Å². The van der Waals surface area contributed by atoms with Crippen LogP contribution < -0.4 is 20.9 Å². The molecule has 0 saturated heterocycles. The molecule has 54 heavy (non-hydrogen) atoms. The van der Waals surface area contributed by atoms with Crippen LogP contribution in [0, 0.1) is 10.1 Å². The number of amides is 3. The average Bonchev–Trinajstić information content (AvgIpc) is 3.66. The fourth-order valence-electron chi connectivity index (χ4n) is 5.27. The van der Waals surface area contributed by atoms with Gasteiger partial charge in [0.25, 0.3) is 17.5 Å². The first-order chi connectivity index (χ1) is 26.1. The zero-order valence-corrected chi connectivity index (χ0v) is 30.8. The number of benzene rings is 5. The summed E-state index contributed by atoms with van der Waals surface area (Å²) in [7, 11) is 3.87. The zero-order valence-electron chi connectivity index (χ0n) is 29.1. The minimum Gasteiger partial charge on any atom is -0.378 e. The molecule has 0 saturated carbocycles. The van der Waals surface area contributed by atoms with E-state index in [1.54, 1.807) is 66.1 Å². The van der Waals surface area contributed by atoms with Gasteiger partial charge < -0.3 is 20.9 Å². The highest BCUT2D eigenvalue weighted by Crippen LogP contribution is 2.38. The predicted molar refractivity (Wildman–Crippen MR) is 216 cm³/mol. The van der Waals surface area contributed by atoms with Gasteiger partial charge >= 0.3 is 0 Å². The number of hydrogen-bond donors (Lipinski definition) is 3. The number of nitro benzene ring substituents is 1. The number of nitro groups is 1. The largest absolute Gasteiger partial charge is 0.378 e. The first-order valence-electron chi connectivity index (χ1n) is 16.6. The highest BCUT2D eigenvalue weighted by molar-refractivity contribution is 8.00. The summed E-state index contributed by atoms with van der Waals surface area (Å²) < 4.78 is 0. The summed E-state index contributed by atoms with van der Waals surface area (Å²) in [4.78, 5) is 58.7. The maximum Gasteiger partial charge on any atom is 0.272 e. The van der Waals surface area contributed by atoms with Gasteiger partial charge in [-0.1, -0.05) is 78.9 Å². The fraction of sp³-hybridized carbons (Fsp3) is 0.0732. The van der Waals surface area contributed by atoms with E-state index in [0.717, 1.165) is 16.8 Å². The molecule has 6 rings (SSSR count). The first kappa shape index (κ1) is 37.2. The third-order valence-corrected chi connectivity index (χ3v) is 10.0. The number of anilines is 3. The molecule has 11 nitrogen and oxygen atoms in total. The van der Waals surface area contributed by atoms with Crippen molar-refractivity contribution in [1.82, 2.24) is 10.3 Å². The molecule has 270 valence electrons. The van der Waals surface area contributed by atoms with Gasteiger partial charge in [0.15, 0.2) is 5.13 Å². The normalized spacial score (nSPS) is 11.6. The van der Waals surface area contributed by atoms with Crippen molar-refractivity contribution in [3.8, 4) is 11.3 Å². The Labute approximate surface area is 319 Å². The number of rotatable bonds is 13. The van der Waals surface area contributed by atoms with Gasteiger partial charge in [-0.15, -0.1) is 23.1 Å². The van der Waals surface area contributed by atoms with Crippen LogP contribution in [0.3, 0.4) is 0 Å². The number of carbonyl (C=O) groups excluding carboxylic acids is 3. The number of non-ortho nitro benzene ring substituents is 1. The maximum absolute atomic E-state index is 13.8. The summed E-state index contributed by atoms with van der Waals surface area (Å²) in [5.74, 6) is -1.28. The zero-order chi connectivity index (χ0) is 38.0. The summed E-state index contributed by atoms with van der Waals surface area (Å²) in [6.45, 7) is 0. The van der Waals surface area contributed by atoms with Crippen molar-refractivity contribution in [3.63, 3.8) is 0 Å². The van der Waals surface area contributed by atoms with E-state index >= 15 is 0 Å². The van der Waals surface area contributed by atoms with Crippen LogP contribution in [-0.4, -0.2) is 41.7 Å². The van der Waals surface area contributed by atoms with Crippen molar-refractivity contribution < 1.29 is 19.3 Å². The van der Waals surface area contributed by atoms with Crippen molar-refractivity contribution in [2.24, 2.45) is 0 Å². The van der Waals surface area contributed by atoms with Gasteiger partial charge in [0.1, 0.15) is 10.9 Å². The average molecular weight is 755 g/mol. The van der Waals surface area contributed by atoms with E-state index in [1.807, 2.05) is 85.7 Å². The smallest absolute Gasteiger partial charge is 0.272 e. The Hall–Kier alpha value is -6.57. The highest BCUT2D eigenvalue weighted by atomic mass is 32.2. The topological polar surface area (TPSA) is 147 Å². The molecule has 0 aliphatic rings. The Morgan fingerprint density at radius 2 is 1.54 bits per heavy atom. The number of nitrogens with zero attached hydrogens (tertiary/aromatic N) is 3. The number of hydrogen-bond acceptors (Lipinski definition) is 9. The van der Waals surface area contributed by atoms with Crippen LogP contribution in [0.1, 0.15) is 26.7 Å². The number of nitrogens with one attached hydrogen (secondary N) is 3. The fourth-order valence-corrected chi connectivity index (χ4v) is 7.08. The molecular formula is C41H34N6O5S2. The van der Waals surface area contributed by atoms with Crippen LogP contribution in [-0.2, 0) is 9.59 Å². The Morgan fingerprint density at radius 3 is 2.24 bits per heavy atom. The molecule has 3 amide bonds. The summed E-state index contributed by atoms with van der Waals surface area (Å²) in [6.07, 6.45) is 1.62. The molecule has 0 bridgehead atoms. The second-order valence-electron chi connectivity index (χ2n) is 12.1. The number of aromatic nitrogens is 1. The quantitative estimate of drug-likeness (QED) is 0.0460. The van der Waals surface area contributed by atoms with Crippen LogP contribution in [0.25, 0.3) is 17.3 Å². The van der Waals surface area contributed by atoms with E-state index in [4.69, 9.17) is 0 Å². The minimum absolute atomic E-state index is 0.0500. The molecular weight excluding hydrogens is 721 g/mol. The molecule has 5 aromatic carbocycles. The molecule has 1 heterocycles. The summed E-state index contributed by atoms with van der Waals surface area (Å²) in [5, 5.41) is 21.2. The Kier molecular flexibility index (Phi) is 11.9. The Balaban J connectivity index is 1.21. The van der Waals surface area contributed by atoms with Gasteiger partial charge in [-0.05, 0) is 59.7 Å². The van der Waals surface area contributed by atoms with Gasteiger partial charge in [-0.2, -0.15) is 0 Å². The lowest BCUT2D eigenvalue weighted by Gasteiger charge is -2.17. The van der Waals surface area contributed by atoms with Crippen molar-refractivity contribution in [2.75, 3.05) is 29.6 Å². The maximum atomic E-state index is 13.8. The predicted octanol–water partition coefficient (Wildman–Crippen LogP) is 8.67. The lowest BCUT2D eigenvalue weighted by molar-refractivity contribution is -0.384. The number of thioether (sulfide) groups is 1. The third kappa shape index (κ3) is 9.64. The van der Waals surface area contributed by atoms with E-state index in [9.17, 15) is 24.5 Å². The van der Waals surface area contributed by atoms with E-state index in [0.29, 0.717) is 32.5 Å². The van der Waals surface area contributed by atoms with Crippen LogP contribution >= 0.6 is 23.1 Å². The van der Waals surface area contributed by atoms with E-state index in [1.165, 1.54) is 35.2 Å². The summed E-state index contributed by atoms with van der Waals surface area (Å²) in [6, 6.07) is 38.8. The SMILES string of the molecule is CN(C)c1ccc(/C=C(/NC(=O)c2ccccc2)C(=O)Nc2cccc(SC(C(=O)Nc3nc(-c4cccc([N+](=O)[O-])c4)cs3)c3ccccc3)c2)cc1. The van der Waals surface area contributed by atoms with Crippen molar-refractivity contribution in [2.45, 2.75) is 10.1 Å². The van der Waals surface area contributed by atoms with Crippen LogP contribution in [0.15, 0.2) is 149 Å².